The minimum Gasteiger partial charge on any atom is -0.463 e. The maximum atomic E-state index is 13.4. The van der Waals surface area contributed by atoms with Crippen LogP contribution in [0.1, 0.15) is 49.2 Å². The van der Waals surface area contributed by atoms with Crippen molar-refractivity contribution in [2.45, 2.75) is 33.2 Å². The summed E-state index contributed by atoms with van der Waals surface area (Å²) in [5, 5.41) is 5.59. The molecule has 0 aromatic heterocycles. The van der Waals surface area contributed by atoms with E-state index in [4.69, 9.17) is 4.74 Å². The first kappa shape index (κ1) is 23.0. The zero-order valence-electron chi connectivity index (χ0n) is 18.3. The number of anilines is 1. The number of allylic oxidation sites excluding steroid dienone is 1. The lowest BCUT2D eigenvalue weighted by atomic mass is 9.94. The van der Waals surface area contributed by atoms with Gasteiger partial charge in [-0.15, -0.1) is 0 Å². The van der Waals surface area contributed by atoms with Gasteiger partial charge in [0.2, 0.25) is 0 Å². The van der Waals surface area contributed by atoms with Crippen LogP contribution in [0.5, 0.6) is 0 Å². The monoisotopic (exact) mass is 439 g/mol. The molecule has 1 aliphatic heterocycles. The Hall–Kier alpha value is -3.68. The topological polar surface area (TPSA) is 87.7 Å². The Morgan fingerprint density at radius 2 is 1.88 bits per heavy atom. The number of ether oxygens (including phenoxy) is 1. The van der Waals surface area contributed by atoms with Crippen LogP contribution in [0.3, 0.4) is 0 Å². The van der Waals surface area contributed by atoms with Gasteiger partial charge < -0.3 is 15.4 Å². The Morgan fingerprint density at radius 1 is 1.16 bits per heavy atom. The normalized spacial score (nSPS) is 15.9. The number of amides is 3. The van der Waals surface area contributed by atoms with Gasteiger partial charge in [-0.1, -0.05) is 25.1 Å². The number of carbonyl (C=O) groups excluding carboxylic acids is 3. The Labute approximate surface area is 186 Å². The van der Waals surface area contributed by atoms with Crippen LogP contribution in [0, 0.1) is 5.82 Å². The van der Waals surface area contributed by atoms with E-state index in [9.17, 15) is 18.8 Å². The van der Waals surface area contributed by atoms with Crippen molar-refractivity contribution in [1.29, 1.82) is 0 Å². The Balaban J connectivity index is 1.86. The third-order valence-corrected chi connectivity index (χ3v) is 5.13. The molecule has 3 amide bonds. The molecule has 8 heteroatoms. The summed E-state index contributed by atoms with van der Waals surface area (Å²) in [4.78, 5) is 39.2. The number of hydrogen-bond donors (Lipinski definition) is 2. The summed E-state index contributed by atoms with van der Waals surface area (Å²) in [5.74, 6) is -1.42. The van der Waals surface area contributed by atoms with Gasteiger partial charge in [0.1, 0.15) is 5.82 Å². The van der Waals surface area contributed by atoms with E-state index < -0.39 is 23.7 Å². The molecular weight excluding hydrogens is 413 g/mol. The van der Waals surface area contributed by atoms with Gasteiger partial charge in [0, 0.05) is 23.5 Å². The van der Waals surface area contributed by atoms with Gasteiger partial charge in [-0.25, -0.2) is 14.0 Å². The highest BCUT2D eigenvalue weighted by atomic mass is 19.1. The SMILES string of the molecule is CCCN1C(=O)NC(c2ccc(NC(=O)c3cccc(F)c3)cc2)C(C(=O)OCC)=C1C. The van der Waals surface area contributed by atoms with Crippen molar-refractivity contribution >= 4 is 23.6 Å². The van der Waals surface area contributed by atoms with Crippen LogP contribution >= 0.6 is 0 Å². The van der Waals surface area contributed by atoms with Gasteiger partial charge in [0.15, 0.2) is 0 Å². The molecule has 3 rings (SSSR count). The van der Waals surface area contributed by atoms with Crippen LogP contribution in [0.4, 0.5) is 14.9 Å². The number of urea groups is 1. The summed E-state index contributed by atoms with van der Waals surface area (Å²) in [6.45, 7) is 6.12. The van der Waals surface area contributed by atoms with E-state index in [1.807, 2.05) is 6.92 Å². The molecule has 0 saturated heterocycles. The number of nitrogens with zero attached hydrogens (tertiary/aromatic N) is 1. The van der Waals surface area contributed by atoms with E-state index >= 15 is 0 Å². The summed E-state index contributed by atoms with van der Waals surface area (Å²) in [7, 11) is 0. The predicted molar refractivity (Wildman–Crippen MR) is 118 cm³/mol. The second-order valence-electron chi connectivity index (χ2n) is 7.34. The molecule has 0 spiro atoms. The van der Waals surface area contributed by atoms with Gasteiger partial charge in [-0.05, 0) is 56.2 Å². The van der Waals surface area contributed by atoms with E-state index in [0.29, 0.717) is 29.1 Å². The number of halogens is 1. The van der Waals surface area contributed by atoms with Gasteiger partial charge >= 0.3 is 12.0 Å². The van der Waals surface area contributed by atoms with E-state index in [1.165, 1.54) is 23.1 Å². The standard InChI is InChI=1S/C24H26FN3O4/c1-4-13-28-15(3)20(23(30)32-5-2)21(27-24(28)31)16-9-11-19(12-10-16)26-22(29)17-7-6-8-18(25)14-17/h6-12,14,21H,4-5,13H2,1-3H3,(H,26,29)(H,27,31). The Morgan fingerprint density at radius 3 is 2.50 bits per heavy atom. The van der Waals surface area contributed by atoms with Crippen molar-refractivity contribution in [2.75, 3.05) is 18.5 Å². The average molecular weight is 439 g/mol. The van der Waals surface area contributed by atoms with Crippen LogP contribution in [-0.4, -0.2) is 36.0 Å². The molecule has 2 aromatic rings. The molecule has 0 saturated carbocycles. The highest BCUT2D eigenvalue weighted by Crippen LogP contribution is 2.32. The van der Waals surface area contributed by atoms with E-state index in [0.717, 1.165) is 12.5 Å². The lowest BCUT2D eigenvalue weighted by Gasteiger charge is -2.35. The fourth-order valence-electron chi connectivity index (χ4n) is 3.59. The summed E-state index contributed by atoms with van der Waals surface area (Å²) >= 11 is 0. The molecule has 32 heavy (non-hydrogen) atoms. The smallest absolute Gasteiger partial charge is 0.338 e. The van der Waals surface area contributed by atoms with Crippen LogP contribution in [0.15, 0.2) is 59.8 Å². The van der Waals surface area contributed by atoms with Crippen molar-refractivity contribution in [3.8, 4) is 0 Å². The summed E-state index contributed by atoms with van der Waals surface area (Å²) in [6, 6.07) is 11.2. The van der Waals surface area contributed by atoms with Gasteiger partial charge in [0.05, 0.1) is 18.2 Å². The number of nitrogens with one attached hydrogen (secondary N) is 2. The quantitative estimate of drug-likeness (QED) is 0.627. The first-order valence-electron chi connectivity index (χ1n) is 10.5. The van der Waals surface area contributed by atoms with E-state index in [-0.39, 0.29) is 18.2 Å². The zero-order valence-corrected chi connectivity index (χ0v) is 18.3. The second kappa shape index (κ2) is 10.1. The van der Waals surface area contributed by atoms with Crippen molar-refractivity contribution in [3.05, 3.63) is 76.7 Å². The van der Waals surface area contributed by atoms with Gasteiger partial charge in [-0.2, -0.15) is 0 Å². The zero-order chi connectivity index (χ0) is 23.3. The van der Waals surface area contributed by atoms with Crippen LogP contribution in [-0.2, 0) is 9.53 Å². The van der Waals surface area contributed by atoms with Crippen LogP contribution in [0.25, 0.3) is 0 Å². The fourth-order valence-corrected chi connectivity index (χ4v) is 3.59. The maximum absolute atomic E-state index is 13.4. The number of carbonyl (C=O) groups is 3. The summed E-state index contributed by atoms with van der Waals surface area (Å²) in [5.41, 5.74) is 2.29. The van der Waals surface area contributed by atoms with E-state index in [2.05, 4.69) is 10.6 Å². The predicted octanol–water partition coefficient (Wildman–Crippen LogP) is 4.39. The molecular formula is C24H26FN3O4. The molecule has 1 unspecified atom stereocenters. The van der Waals surface area contributed by atoms with Gasteiger partial charge in [0.25, 0.3) is 5.91 Å². The van der Waals surface area contributed by atoms with E-state index in [1.54, 1.807) is 38.1 Å². The highest BCUT2D eigenvalue weighted by molar-refractivity contribution is 6.04. The van der Waals surface area contributed by atoms with Crippen molar-refractivity contribution < 1.29 is 23.5 Å². The number of benzene rings is 2. The third kappa shape index (κ3) is 4.96. The lowest BCUT2D eigenvalue weighted by molar-refractivity contribution is -0.139. The first-order valence-corrected chi connectivity index (χ1v) is 10.5. The molecule has 0 radical (unpaired) electrons. The summed E-state index contributed by atoms with van der Waals surface area (Å²) < 4.78 is 18.6. The lowest BCUT2D eigenvalue weighted by Crippen LogP contribution is -2.48. The fraction of sp³-hybridized carbons (Fsp3) is 0.292. The molecule has 0 fully saturated rings. The number of hydrogen-bond acceptors (Lipinski definition) is 4. The maximum Gasteiger partial charge on any atom is 0.338 e. The molecule has 168 valence electrons. The van der Waals surface area contributed by atoms with Crippen LogP contribution < -0.4 is 10.6 Å². The number of rotatable bonds is 7. The second-order valence-corrected chi connectivity index (χ2v) is 7.34. The minimum absolute atomic E-state index is 0.202. The van der Waals surface area contributed by atoms with Crippen molar-refractivity contribution in [1.82, 2.24) is 10.2 Å². The molecule has 1 atom stereocenters. The third-order valence-electron chi connectivity index (χ3n) is 5.13. The minimum atomic E-state index is -0.678. The Bertz CT molecular complexity index is 1050. The number of esters is 1. The molecule has 1 heterocycles. The van der Waals surface area contributed by atoms with Crippen LogP contribution in [0.2, 0.25) is 0 Å². The van der Waals surface area contributed by atoms with Crippen molar-refractivity contribution in [2.24, 2.45) is 0 Å². The largest absolute Gasteiger partial charge is 0.463 e. The first-order chi connectivity index (χ1) is 15.3. The van der Waals surface area contributed by atoms with Gasteiger partial charge in [-0.3, -0.25) is 9.69 Å². The summed E-state index contributed by atoms with van der Waals surface area (Å²) in [6.07, 6.45) is 0.741. The molecule has 0 bridgehead atoms. The molecule has 7 nitrogen and oxygen atoms in total. The molecule has 2 N–H and O–H groups in total. The molecule has 0 aliphatic carbocycles. The molecule has 1 aliphatic rings. The van der Waals surface area contributed by atoms with Crippen molar-refractivity contribution in [3.63, 3.8) is 0 Å². The average Bonchev–Trinajstić information content (AvgIpc) is 2.77. The highest BCUT2D eigenvalue weighted by Gasteiger charge is 2.36. The molecule has 2 aromatic carbocycles. The Kier molecular flexibility index (Phi) is 7.25.